The Kier molecular flexibility index (Phi) is 9.13. The van der Waals surface area contributed by atoms with Gasteiger partial charge >= 0.3 is 5.97 Å². The van der Waals surface area contributed by atoms with Crippen molar-refractivity contribution in [3.05, 3.63) is 58.0 Å². The van der Waals surface area contributed by atoms with E-state index in [1.807, 2.05) is 39.0 Å². The number of rotatable bonds is 10. The highest BCUT2D eigenvalue weighted by Gasteiger charge is 2.36. The van der Waals surface area contributed by atoms with E-state index in [9.17, 15) is 19.2 Å². The second kappa shape index (κ2) is 12.3. The Morgan fingerprint density at radius 3 is 2.47 bits per heavy atom. The van der Waals surface area contributed by atoms with Gasteiger partial charge in [-0.15, -0.1) is 0 Å². The maximum atomic E-state index is 12.6. The van der Waals surface area contributed by atoms with Crippen LogP contribution in [0.15, 0.2) is 41.3 Å². The summed E-state index contributed by atoms with van der Waals surface area (Å²) in [5, 5.41) is 2.29. The normalized spacial score (nSPS) is 14.2. The van der Waals surface area contributed by atoms with Gasteiger partial charge in [-0.2, -0.15) is 0 Å². The van der Waals surface area contributed by atoms with E-state index in [2.05, 4.69) is 5.32 Å². The topological polar surface area (TPSA) is 111 Å². The number of benzene rings is 2. The molecule has 1 fully saturated rings. The van der Waals surface area contributed by atoms with Crippen molar-refractivity contribution in [3.8, 4) is 11.5 Å². The maximum absolute atomic E-state index is 12.6. The van der Waals surface area contributed by atoms with Gasteiger partial charge in [-0.25, -0.2) is 0 Å². The van der Waals surface area contributed by atoms with Gasteiger partial charge in [0.25, 0.3) is 17.1 Å². The lowest BCUT2D eigenvalue weighted by molar-refractivity contribution is -0.146. The van der Waals surface area contributed by atoms with Gasteiger partial charge < -0.3 is 19.5 Å². The molecule has 9 nitrogen and oxygen atoms in total. The average molecular weight is 513 g/mol. The number of aryl methyl sites for hydroxylation is 2. The van der Waals surface area contributed by atoms with Gasteiger partial charge in [0, 0.05) is 5.69 Å². The van der Waals surface area contributed by atoms with Gasteiger partial charge in [-0.3, -0.25) is 24.1 Å². The largest absolute Gasteiger partial charge is 0.490 e. The molecule has 0 atom stereocenters. The third kappa shape index (κ3) is 6.88. The number of hydrogen-bond donors (Lipinski definition) is 1. The first-order valence-corrected chi connectivity index (χ1v) is 12.2. The number of ether oxygens (including phenoxy) is 3. The molecular formula is C26H28N2O7S. The zero-order valence-electron chi connectivity index (χ0n) is 20.6. The number of esters is 1. The summed E-state index contributed by atoms with van der Waals surface area (Å²) in [7, 11) is 0. The zero-order valence-corrected chi connectivity index (χ0v) is 21.4. The highest BCUT2D eigenvalue weighted by molar-refractivity contribution is 8.18. The molecule has 0 radical (unpaired) electrons. The van der Waals surface area contributed by atoms with Crippen molar-refractivity contribution in [1.29, 1.82) is 0 Å². The van der Waals surface area contributed by atoms with E-state index in [0.717, 1.165) is 27.8 Å². The van der Waals surface area contributed by atoms with E-state index in [-0.39, 0.29) is 24.0 Å². The lowest BCUT2D eigenvalue weighted by Gasteiger charge is -2.14. The van der Waals surface area contributed by atoms with Crippen LogP contribution in [0, 0.1) is 13.8 Å². The molecule has 2 aromatic rings. The highest BCUT2D eigenvalue weighted by atomic mass is 32.2. The van der Waals surface area contributed by atoms with Crippen LogP contribution in [0.25, 0.3) is 6.08 Å². The number of imide groups is 1. The maximum Gasteiger partial charge on any atom is 0.326 e. The molecule has 0 aromatic heterocycles. The fourth-order valence-corrected chi connectivity index (χ4v) is 4.25. The molecule has 0 saturated carbocycles. The summed E-state index contributed by atoms with van der Waals surface area (Å²) in [6.45, 7) is 7.21. The Morgan fingerprint density at radius 2 is 1.78 bits per heavy atom. The molecule has 1 aliphatic rings. The molecule has 3 rings (SSSR count). The molecule has 1 N–H and O–H groups in total. The van der Waals surface area contributed by atoms with E-state index in [1.54, 1.807) is 25.1 Å². The lowest BCUT2D eigenvalue weighted by Crippen LogP contribution is -2.34. The summed E-state index contributed by atoms with van der Waals surface area (Å²) in [5.74, 6) is -0.789. The molecule has 1 aliphatic heterocycles. The van der Waals surface area contributed by atoms with Gasteiger partial charge in [0.1, 0.15) is 6.54 Å². The summed E-state index contributed by atoms with van der Waals surface area (Å²) in [6, 6.07) is 10.7. The van der Waals surface area contributed by atoms with E-state index in [4.69, 9.17) is 14.2 Å². The molecule has 0 bridgehead atoms. The van der Waals surface area contributed by atoms with Crippen LogP contribution in [0.5, 0.6) is 11.5 Å². The van der Waals surface area contributed by atoms with Crippen molar-refractivity contribution >= 4 is 46.5 Å². The van der Waals surface area contributed by atoms with Crippen molar-refractivity contribution in [3.63, 3.8) is 0 Å². The van der Waals surface area contributed by atoms with Crippen LogP contribution >= 0.6 is 11.8 Å². The van der Waals surface area contributed by atoms with Crippen LogP contribution in [-0.2, 0) is 19.1 Å². The molecule has 190 valence electrons. The monoisotopic (exact) mass is 512 g/mol. The first-order valence-electron chi connectivity index (χ1n) is 11.4. The molecular weight excluding hydrogens is 484 g/mol. The van der Waals surface area contributed by atoms with Gasteiger partial charge in [0.2, 0.25) is 0 Å². The Balaban J connectivity index is 1.69. The second-order valence-electron chi connectivity index (χ2n) is 7.87. The van der Waals surface area contributed by atoms with Crippen LogP contribution < -0.4 is 14.8 Å². The SMILES string of the molecule is CCOC(=O)CN1C(=O)S/C(=C\c2ccc(OCC(=O)Nc3ccc(C)cc3C)c(OCC)c2)C1=O. The summed E-state index contributed by atoms with van der Waals surface area (Å²) in [4.78, 5) is 49.9. The van der Waals surface area contributed by atoms with E-state index >= 15 is 0 Å². The minimum atomic E-state index is -0.650. The van der Waals surface area contributed by atoms with Crippen molar-refractivity contribution < 1.29 is 33.4 Å². The third-order valence-electron chi connectivity index (χ3n) is 5.05. The predicted molar refractivity (Wildman–Crippen MR) is 137 cm³/mol. The Bertz CT molecular complexity index is 1210. The number of carbonyl (C=O) groups excluding carboxylic acids is 4. The summed E-state index contributed by atoms with van der Waals surface area (Å²) in [6.07, 6.45) is 1.54. The Hall–Kier alpha value is -3.79. The standard InChI is InChI=1S/C26H28N2O7S/c1-5-33-21-12-18(13-22-25(31)28(26(32)36-22)14-24(30)34-6-2)8-10-20(21)35-15-23(29)27-19-9-7-16(3)11-17(19)4/h7-13H,5-6,14-15H2,1-4H3,(H,27,29)/b22-13-. The number of nitrogens with zero attached hydrogens (tertiary/aromatic N) is 1. The zero-order chi connectivity index (χ0) is 26.2. The number of thioether (sulfide) groups is 1. The minimum absolute atomic E-state index is 0.159. The molecule has 0 spiro atoms. The molecule has 3 amide bonds. The molecule has 36 heavy (non-hydrogen) atoms. The van der Waals surface area contributed by atoms with Gasteiger partial charge in [-0.05, 0) is 74.9 Å². The van der Waals surface area contributed by atoms with E-state index in [1.165, 1.54) is 6.08 Å². The van der Waals surface area contributed by atoms with Crippen LogP contribution in [0.4, 0.5) is 10.5 Å². The van der Waals surface area contributed by atoms with Crippen LogP contribution in [0.2, 0.25) is 0 Å². The lowest BCUT2D eigenvalue weighted by atomic mass is 10.1. The summed E-state index contributed by atoms with van der Waals surface area (Å²) < 4.78 is 16.2. The number of amides is 3. The van der Waals surface area contributed by atoms with Crippen molar-refractivity contribution in [1.82, 2.24) is 4.90 Å². The van der Waals surface area contributed by atoms with Crippen LogP contribution in [0.3, 0.4) is 0 Å². The molecule has 10 heteroatoms. The second-order valence-corrected chi connectivity index (χ2v) is 8.86. The quantitative estimate of drug-likeness (QED) is 0.370. The van der Waals surface area contributed by atoms with E-state index < -0.39 is 23.7 Å². The van der Waals surface area contributed by atoms with Crippen LogP contribution in [0.1, 0.15) is 30.5 Å². The predicted octanol–water partition coefficient (Wildman–Crippen LogP) is 4.32. The van der Waals surface area contributed by atoms with Crippen molar-refractivity contribution in [2.75, 3.05) is 31.7 Å². The number of hydrogen-bond acceptors (Lipinski definition) is 8. The first-order chi connectivity index (χ1) is 17.2. The number of nitrogens with one attached hydrogen (secondary N) is 1. The Morgan fingerprint density at radius 1 is 1.00 bits per heavy atom. The van der Waals surface area contributed by atoms with Crippen LogP contribution in [-0.4, -0.2) is 54.3 Å². The molecule has 0 aliphatic carbocycles. The smallest absolute Gasteiger partial charge is 0.326 e. The van der Waals surface area contributed by atoms with Crippen molar-refractivity contribution in [2.45, 2.75) is 27.7 Å². The average Bonchev–Trinajstić information content (AvgIpc) is 3.08. The minimum Gasteiger partial charge on any atom is -0.490 e. The fourth-order valence-electron chi connectivity index (χ4n) is 3.41. The van der Waals surface area contributed by atoms with E-state index in [0.29, 0.717) is 29.4 Å². The molecule has 1 saturated heterocycles. The summed E-state index contributed by atoms with van der Waals surface area (Å²) in [5.41, 5.74) is 3.36. The fraction of sp³-hybridized carbons (Fsp3) is 0.308. The molecule has 1 heterocycles. The van der Waals surface area contributed by atoms with Crippen molar-refractivity contribution in [2.24, 2.45) is 0 Å². The van der Waals surface area contributed by atoms with Gasteiger partial charge in [-0.1, -0.05) is 23.8 Å². The Labute approximate surface area is 213 Å². The summed E-state index contributed by atoms with van der Waals surface area (Å²) >= 11 is 0.743. The third-order valence-corrected chi connectivity index (χ3v) is 5.95. The number of carbonyl (C=O) groups is 4. The number of anilines is 1. The van der Waals surface area contributed by atoms with Gasteiger partial charge in [0.15, 0.2) is 18.1 Å². The molecule has 0 unspecified atom stereocenters. The van der Waals surface area contributed by atoms with Gasteiger partial charge in [0.05, 0.1) is 18.1 Å². The molecule has 2 aromatic carbocycles. The first kappa shape index (κ1) is 26.8. The highest BCUT2D eigenvalue weighted by Crippen LogP contribution is 2.34.